The maximum atomic E-state index is 12.4. The van der Waals surface area contributed by atoms with Crippen LogP contribution in [0, 0.1) is 0 Å². The van der Waals surface area contributed by atoms with Crippen LogP contribution in [0.5, 0.6) is 0 Å². The molecule has 0 N–H and O–H groups in total. The van der Waals surface area contributed by atoms with E-state index < -0.39 is 11.7 Å². The molecular formula is C10H7ClF3N3. The maximum Gasteiger partial charge on any atom is 0.416 e. The van der Waals surface area contributed by atoms with Crippen molar-refractivity contribution >= 4 is 11.6 Å². The Morgan fingerprint density at radius 2 is 1.82 bits per heavy atom. The van der Waals surface area contributed by atoms with E-state index in [0.29, 0.717) is 11.4 Å². The summed E-state index contributed by atoms with van der Waals surface area (Å²) in [6.45, 7) is 0. The fourth-order valence-electron chi connectivity index (χ4n) is 1.36. The minimum Gasteiger partial charge on any atom is -0.216 e. The van der Waals surface area contributed by atoms with Gasteiger partial charge in [-0.25, -0.2) is 4.68 Å². The van der Waals surface area contributed by atoms with E-state index in [1.54, 1.807) is 0 Å². The summed E-state index contributed by atoms with van der Waals surface area (Å²) in [6.07, 6.45) is -2.87. The van der Waals surface area contributed by atoms with E-state index in [-0.39, 0.29) is 5.88 Å². The van der Waals surface area contributed by atoms with Crippen molar-refractivity contribution in [2.75, 3.05) is 0 Å². The van der Waals surface area contributed by atoms with Crippen molar-refractivity contribution in [1.82, 2.24) is 15.0 Å². The number of aromatic nitrogens is 3. The maximum absolute atomic E-state index is 12.4. The molecule has 0 spiro atoms. The first-order valence-electron chi connectivity index (χ1n) is 4.65. The largest absolute Gasteiger partial charge is 0.416 e. The van der Waals surface area contributed by atoms with Gasteiger partial charge in [-0.05, 0) is 24.3 Å². The Kier molecular flexibility index (Phi) is 3.06. The molecule has 1 aromatic carbocycles. The average Bonchev–Trinajstić information content (AvgIpc) is 2.76. The molecule has 2 rings (SSSR count). The zero-order valence-electron chi connectivity index (χ0n) is 8.45. The fourth-order valence-corrected chi connectivity index (χ4v) is 1.54. The summed E-state index contributed by atoms with van der Waals surface area (Å²) in [7, 11) is 0. The van der Waals surface area contributed by atoms with Crippen molar-refractivity contribution in [3.05, 3.63) is 41.7 Å². The molecule has 0 bridgehead atoms. The lowest BCUT2D eigenvalue weighted by molar-refractivity contribution is -0.137. The number of hydrogen-bond acceptors (Lipinski definition) is 2. The van der Waals surface area contributed by atoms with Gasteiger partial charge in [-0.15, -0.1) is 16.7 Å². The Morgan fingerprint density at radius 3 is 2.35 bits per heavy atom. The minimum absolute atomic E-state index is 0.189. The van der Waals surface area contributed by atoms with Crippen LogP contribution in [0.3, 0.4) is 0 Å². The second kappa shape index (κ2) is 4.37. The van der Waals surface area contributed by atoms with Crippen LogP contribution >= 0.6 is 11.6 Å². The predicted molar refractivity (Wildman–Crippen MR) is 55.9 cm³/mol. The monoisotopic (exact) mass is 261 g/mol. The predicted octanol–water partition coefficient (Wildman–Crippen LogP) is 3.02. The average molecular weight is 262 g/mol. The van der Waals surface area contributed by atoms with Crippen molar-refractivity contribution in [3.63, 3.8) is 0 Å². The lowest BCUT2D eigenvalue weighted by Crippen LogP contribution is -2.06. The Hall–Kier alpha value is -1.56. The van der Waals surface area contributed by atoms with Gasteiger partial charge in [0.2, 0.25) is 0 Å². The van der Waals surface area contributed by atoms with Crippen LogP contribution in [0.2, 0.25) is 0 Å². The van der Waals surface area contributed by atoms with Gasteiger partial charge in [0.15, 0.2) is 0 Å². The molecule has 7 heteroatoms. The molecule has 0 amide bonds. The second-order valence-electron chi connectivity index (χ2n) is 3.32. The second-order valence-corrected chi connectivity index (χ2v) is 3.58. The van der Waals surface area contributed by atoms with E-state index >= 15 is 0 Å². The van der Waals surface area contributed by atoms with Gasteiger partial charge in [0, 0.05) is 0 Å². The number of rotatable bonds is 2. The third kappa shape index (κ3) is 2.41. The number of halogens is 4. The zero-order valence-corrected chi connectivity index (χ0v) is 9.20. The molecule has 0 saturated carbocycles. The summed E-state index contributed by atoms with van der Waals surface area (Å²) in [5.74, 6) is 0.189. The molecule has 0 radical (unpaired) electrons. The summed E-state index contributed by atoms with van der Waals surface area (Å²) >= 11 is 5.65. The molecule has 0 aliphatic carbocycles. The standard InChI is InChI=1S/C10H7ClF3N3/c11-5-9-6-15-16-17(9)8-3-1-7(2-4-8)10(12,13)14/h1-4,6H,5H2. The zero-order chi connectivity index (χ0) is 12.5. The van der Waals surface area contributed by atoms with Gasteiger partial charge in [0.05, 0.1) is 29.0 Å². The van der Waals surface area contributed by atoms with Crippen LogP contribution in [-0.4, -0.2) is 15.0 Å². The molecule has 1 heterocycles. The Balaban J connectivity index is 2.36. The highest BCUT2D eigenvalue weighted by molar-refractivity contribution is 6.16. The first-order valence-corrected chi connectivity index (χ1v) is 5.19. The highest BCUT2D eigenvalue weighted by Gasteiger charge is 2.30. The first kappa shape index (κ1) is 11.9. The lowest BCUT2D eigenvalue weighted by atomic mass is 10.2. The number of alkyl halides is 4. The molecule has 0 unspecified atom stereocenters. The lowest BCUT2D eigenvalue weighted by Gasteiger charge is -2.08. The topological polar surface area (TPSA) is 30.7 Å². The molecular weight excluding hydrogens is 255 g/mol. The third-order valence-electron chi connectivity index (χ3n) is 2.20. The van der Waals surface area contributed by atoms with Crippen molar-refractivity contribution in [3.8, 4) is 5.69 Å². The van der Waals surface area contributed by atoms with E-state index in [0.717, 1.165) is 12.1 Å². The molecule has 0 aliphatic rings. The normalized spacial score (nSPS) is 11.8. The highest BCUT2D eigenvalue weighted by Crippen LogP contribution is 2.29. The van der Waals surface area contributed by atoms with Gasteiger partial charge in [0.1, 0.15) is 0 Å². The van der Waals surface area contributed by atoms with Gasteiger partial charge < -0.3 is 0 Å². The summed E-state index contributed by atoms with van der Waals surface area (Å²) in [6, 6.07) is 4.64. The molecule has 1 aromatic heterocycles. The van der Waals surface area contributed by atoms with E-state index in [1.807, 2.05) is 0 Å². The summed E-state index contributed by atoms with van der Waals surface area (Å²) < 4.78 is 38.5. The number of hydrogen-bond donors (Lipinski definition) is 0. The fraction of sp³-hybridized carbons (Fsp3) is 0.200. The molecule has 0 atom stereocenters. The van der Waals surface area contributed by atoms with Crippen LogP contribution in [0.4, 0.5) is 13.2 Å². The van der Waals surface area contributed by atoms with Gasteiger partial charge >= 0.3 is 6.18 Å². The van der Waals surface area contributed by atoms with Gasteiger partial charge in [-0.3, -0.25) is 0 Å². The summed E-state index contributed by atoms with van der Waals surface area (Å²) in [4.78, 5) is 0. The number of nitrogens with zero attached hydrogens (tertiary/aromatic N) is 3. The quantitative estimate of drug-likeness (QED) is 0.778. The van der Waals surface area contributed by atoms with Crippen LogP contribution in [0.1, 0.15) is 11.3 Å². The van der Waals surface area contributed by atoms with Crippen molar-refractivity contribution in [1.29, 1.82) is 0 Å². The first-order chi connectivity index (χ1) is 8.02. The smallest absolute Gasteiger partial charge is 0.216 e. The van der Waals surface area contributed by atoms with E-state index in [9.17, 15) is 13.2 Å². The Bertz CT molecular complexity index is 504. The van der Waals surface area contributed by atoms with Crippen LogP contribution < -0.4 is 0 Å². The Morgan fingerprint density at radius 1 is 1.18 bits per heavy atom. The van der Waals surface area contributed by atoms with Crippen LogP contribution in [0.15, 0.2) is 30.5 Å². The molecule has 0 saturated heterocycles. The van der Waals surface area contributed by atoms with Gasteiger partial charge in [-0.2, -0.15) is 13.2 Å². The van der Waals surface area contributed by atoms with E-state index in [1.165, 1.54) is 23.0 Å². The van der Waals surface area contributed by atoms with E-state index in [2.05, 4.69) is 10.3 Å². The minimum atomic E-state index is -4.34. The third-order valence-corrected chi connectivity index (χ3v) is 2.47. The van der Waals surface area contributed by atoms with Crippen molar-refractivity contribution in [2.24, 2.45) is 0 Å². The van der Waals surface area contributed by atoms with Gasteiger partial charge in [0.25, 0.3) is 0 Å². The van der Waals surface area contributed by atoms with Crippen molar-refractivity contribution in [2.45, 2.75) is 12.1 Å². The molecule has 0 aliphatic heterocycles. The molecule has 2 aromatic rings. The van der Waals surface area contributed by atoms with E-state index in [4.69, 9.17) is 11.6 Å². The van der Waals surface area contributed by atoms with Crippen LogP contribution in [-0.2, 0) is 12.1 Å². The summed E-state index contributed by atoms with van der Waals surface area (Å²) in [5.41, 5.74) is 0.409. The van der Waals surface area contributed by atoms with Crippen LogP contribution in [0.25, 0.3) is 5.69 Å². The molecule has 3 nitrogen and oxygen atoms in total. The van der Waals surface area contributed by atoms with Gasteiger partial charge in [-0.1, -0.05) is 5.21 Å². The molecule has 0 fully saturated rings. The molecule has 90 valence electrons. The molecule has 17 heavy (non-hydrogen) atoms. The highest BCUT2D eigenvalue weighted by atomic mass is 35.5. The number of benzene rings is 1. The summed E-state index contributed by atoms with van der Waals surface area (Å²) in [5, 5.41) is 7.40. The van der Waals surface area contributed by atoms with Crippen molar-refractivity contribution < 1.29 is 13.2 Å². The Labute approximate surface area is 99.8 Å². The SMILES string of the molecule is FC(F)(F)c1ccc(-n2nncc2CCl)cc1.